The van der Waals surface area contributed by atoms with Crippen LogP contribution in [0.25, 0.3) is 11.0 Å². The standard InChI is InChI=1S/C9H5F4N3O2/c10-7(9(11,12)13)8-14-5-2-1-4(16(17)18)3-6(5)15-8/h1-3,7H,(H,14,15). The maximum absolute atomic E-state index is 13.0. The molecule has 0 aliphatic carbocycles. The highest BCUT2D eigenvalue weighted by Gasteiger charge is 2.43. The van der Waals surface area contributed by atoms with Gasteiger partial charge in [0.2, 0.25) is 0 Å². The average Bonchev–Trinajstić information content (AvgIpc) is 2.68. The highest BCUT2D eigenvalue weighted by Crippen LogP contribution is 2.35. The molecule has 0 radical (unpaired) electrons. The molecule has 1 aromatic carbocycles. The van der Waals surface area contributed by atoms with Gasteiger partial charge in [0.15, 0.2) is 5.82 Å². The first-order valence-corrected chi connectivity index (χ1v) is 4.64. The SMILES string of the molecule is O=[N+]([O-])c1ccc2nc(C(F)C(F)(F)F)[nH]c2c1. The summed E-state index contributed by atoms with van der Waals surface area (Å²) in [6, 6.07) is 3.22. The number of non-ortho nitro benzene ring substituents is 1. The van der Waals surface area contributed by atoms with Crippen molar-refractivity contribution >= 4 is 16.7 Å². The number of alkyl halides is 4. The molecule has 1 N–H and O–H groups in total. The van der Waals surface area contributed by atoms with Crippen LogP contribution in [0, 0.1) is 10.1 Å². The number of hydrogen-bond acceptors (Lipinski definition) is 3. The second-order valence-electron chi connectivity index (χ2n) is 3.48. The number of aromatic nitrogens is 2. The van der Waals surface area contributed by atoms with Crippen molar-refractivity contribution in [1.29, 1.82) is 0 Å². The van der Waals surface area contributed by atoms with Crippen LogP contribution in [-0.2, 0) is 0 Å². The van der Waals surface area contributed by atoms with Crippen LogP contribution in [0.15, 0.2) is 18.2 Å². The van der Waals surface area contributed by atoms with Crippen LogP contribution >= 0.6 is 0 Å². The fourth-order valence-corrected chi connectivity index (χ4v) is 1.41. The highest BCUT2D eigenvalue weighted by atomic mass is 19.4. The lowest BCUT2D eigenvalue weighted by atomic mass is 10.3. The average molecular weight is 263 g/mol. The van der Waals surface area contributed by atoms with E-state index in [0.29, 0.717) is 0 Å². The second-order valence-corrected chi connectivity index (χ2v) is 3.48. The molecule has 2 rings (SSSR count). The van der Waals surface area contributed by atoms with Gasteiger partial charge in [-0.15, -0.1) is 0 Å². The smallest absolute Gasteiger partial charge is 0.339 e. The first-order chi connectivity index (χ1) is 8.29. The number of rotatable bonds is 2. The Balaban J connectivity index is 2.48. The van der Waals surface area contributed by atoms with Crippen LogP contribution in [0.1, 0.15) is 12.0 Å². The molecule has 0 aliphatic rings. The predicted octanol–water partition coefficient (Wildman–Crippen LogP) is 3.04. The topological polar surface area (TPSA) is 71.8 Å². The van der Waals surface area contributed by atoms with Crippen LogP contribution in [-0.4, -0.2) is 21.1 Å². The number of nitrogens with one attached hydrogen (secondary N) is 1. The number of benzene rings is 1. The van der Waals surface area contributed by atoms with E-state index in [9.17, 15) is 27.7 Å². The van der Waals surface area contributed by atoms with Gasteiger partial charge in [0, 0.05) is 12.1 Å². The molecule has 96 valence electrons. The van der Waals surface area contributed by atoms with Crippen molar-refractivity contribution in [1.82, 2.24) is 9.97 Å². The van der Waals surface area contributed by atoms with E-state index in [1.54, 1.807) is 0 Å². The van der Waals surface area contributed by atoms with E-state index in [-0.39, 0.29) is 16.7 Å². The van der Waals surface area contributed by atoms with Crippen molar-refractivity contribution in [3.8, 4) is 0 Å². The fourth-order valence-electron chi connectivity index (χ4n) is 1.41. The van der Waals surface area contributed by atoms with Crippen LogP contribution in [0.2, 0.25) is 0 Å². The quantitative estimate of drug-likeness (QED) is 0.514. The highest BCUT2D eigenvalue weighted by molar-refractivity contribution is 5.77. The Morgan fingerprint density at radius 2 is 2.06 bits per heavy atom. The molecule has 2 aromatic rings. The molecule has 0 spiro atoms. The molecule has 0 amide bonds. The van der Waals surface area contributed by atoms with Gasteiger partial charge in [0.1, 0.15) is 0 Å². The van der Waals surface area contributed by atoms with E-state index in [1.165, 1.54) is 0 Å². The number of imidazole rings is 1. The van der Waals surface area contributed by atoms with Crippen LogP contribution in [0.5, 0.6) is 0 Å². The molecule has 0 fully saturated rings. The van der Waals surface area contributed by atoms with E-state index in [1.807, 2.05) is 0 Å². The number of aromatic amines is 1. The first kappa shape index (κ1) is 12.3. The molecule has 18 heavy (non-hydrogen) atoms. The minimum atomic E-state index is -5.07. The van der Waals surface area contributed by atoms with Crippen molar-refractivity contribution in [3.63, 3.8) is 0 Å². The molecule has 0 bridgehead atoms. The number of nitrogens with zero attached hydrogens (tertiary/aromatic N) is 2. The number of hydrogen-bond donors (Lipinski definition) is 1. The Morgan fingerprint density at radius 1 is 1.39 bits per heavy atom. The van der Waals surface area contributed by atoms with E-state index in [4.69, 9.17) is 0 Å². The molecule has 9 heteroatoms. The summed E-state index contributed by atoms with van der Waals surface area (Å²) >= 11 is 0. The summed E-state index contributed by atoms with van der Waals surface area (Å²) < 4.78 is 49.4. The molecule has 5 nitrogen and oxygen atoms in total. The summed E-state index contributed by atoms with van der Waals surface area (Å²) in [5, 5.41) is 10.5. The molecule has 1 heterocycles. The molecule has 1 unspecified atom stereocenters. The van der Waals surface area contributed by atoms with Gasteiger partial charge >= 0.3 is 6.18 Å². The van der Waals surface area contributed by atoms with E-state index in [0.717, 1.165) is 18.2 Å². The Morgan fingerprint density at radius 3 is 2.61 bits per heavy atom. The minimum absolute atomic E-state index is 0.0221. The van der Waals surface area contributed by atoms with Crippen LogP contribution < -0.4 is 0 Å². The predicted molar refractivity (Wildman–Crippen MR) is 52.7 cm³/mol. The van der Waals surface area contributed by atoms with Crippen molar-refractivity contribution in [3.05, 3.63) is 34.1 Å². The molecule has 0 aliphatic heterocycles. The second kappa shape index (κ2) is 3.93. The van der Waals surface area contributed by atoms with E-state index in [2.05, 4.69) is 9.97 Å². The zero-order valence-electron chi connectivity index (χ0n) is 8.53. The summed E-state index contributed by atoms with van der Waals surface area (Å²) in [6.45, 7) is 0. The van der Waals surface area contributed by atoms with Gasteiger partial charge in [-0.05, 0) is 6.07 Å². The van der Waals surface area contributed by atoms with Crippen molar-refractivity contribution in [2.45, 2.75) is 12.3 Å². The monoisotopic (exact) mass is 263 g/mol. The zero-order valence-corrected chi connectivity index (χ0v) is 8.53. The Hall–Kier alpha value is -2.19. The molecule has 0 saturated heterocycles. The van der Waals surface area contributed by atoms with Crippen LogP contribution in [0.4, 0.5) is 23.2 Å². The van der Waals surface area contributed by atoms with E-state index >= 15 is 0 Å². The summed E-state index contributed by atoms with van der Waals surface area (Å²) in [7, 11) is 0. The largest absolute Gasteiger partial charge is 0.427 e. The van der Waals surface area contributed by atoms with Crippen molar-refractivity contribution in [2.75, 3.05) is 0 Å². The van der Waals surface area contributed by atoms with Gasteiger partial charge in [0.25, 0.3) is 11.9 Å². The normalized spacial score (nSPS) is 13.8. The molecule has 1 aromatic heterocycles. The molecular weight excluding hydrogens is 258 g/mol. The van der Waals surface area contributed by atoms with Gasteiger partial charge < -0.3 is 4.98 Å². The van der Waals surface area contributed by atoms with Gasteiger partial charge in [-0.1, -0.05) is 0 Å². The van der Waals surface area contributed by atoms with Gasteiger partial charge in [0.05, 0.1) is 16.0 Å². The summed E-state index contributed by atoms with van der Waals surface area (Å²) in [5.74, 6) is -0.919. The molecule has 0 saturated carbocycles. The van der Waals surface area contributed by atoms with E-state index < -0.39 is 23.1 Å². The third-order valence-corrected chi connectivity index (χ3v) is 2.22. The number of halogens is 4. The number of nitro groups is 1. The fraction of sp³-hybridized carbons (Fsp3) is 0.222. The zero-order chi connectivity index (χ0) is 13.5. The van der Waals surface area contributed by atoms with Gasteiger partial charge in [-0.3, -0.25) is 10.1 Å². The lowest BCUT2D eigenvalue weighted by Gasteiger charge is -2.08. The number of H-pyrrole nitrogens is 1. The lowest BCUT2D eigenvalue weighted by Crippen LogP contribution is -2.17. The maximum Gasteiger partial charge on any atom is 0.427 e. The summed E-state index contributed by atoms with van der Waals surface area (Å²) in [6.07, 6.45) is -8.32. The Bertz CT molecular complexity index is 607. The van der Waals surface area contributed by atoms with Crippen molar-refractivity contribution < 1.29 is 22.5 Å². The molecule has 1 atom stereocenters. The summed E-state index contributed by atoms with van der Waals surface area (Å²) in [5.41, 5.74) is -0.311. The van der Waals surface area contributed by atoms with Gasteiger partial charge in [-0.25, -0.2) is 9.37 Å². The molecular formula is C9H5F4N3O2. The van der Waals surface area contributed by atoms with Crippen LogP contribution in [0.3, 0.4) is 0 Å². The number of fused-ring (bicyclic) bond motifs is 1. The Labute approximate surface area is 96.6 Å². The minimum Gasteiger partial charge on any atom is -0.339 e. The Kier molecular flexibility index (Phi) is 2.68. The van der Waals surface area contributed by atoms with Gasteiger partial charge in [-0.2, -0.15) is 13.2 Å². The number of nitro benzene ring substituents is 1. The summed E-state index contributed by atoms with van der Waals surface area (Å²) in [4.78, 5) is 15.2. The maximum atomic E-state index is 13.0. The first-order valence-electron chi connectivity index (χ1n) is 4.64. The third-order valence-electron chi connectivity index (χ3n) is 2.22. The lowest BCUT2D eigenvalue weighted by molar-refractivity contribution is -0.384. The van der Waals surface area contributed by atoms with Crippen molar-refractivity contribution in [2.24, 2.45) is 0 Å². The third kappa shape index (κ3) is 2.11.